The Bertz CT molecular complexity index is 567. The quantitative estimate of drug-likeness (QED) is 0.0742. The van der Waals surface area contributed by atoms with Gasteiger partial charge in [-0.2, -0.15) is 0 Å². The molecule has 1 aromatic rings. The minimum atomic E-state index is -0.954. The molecule has 0 aliphatic carbocycles. The molecule has 5 heteroatoms. The van der Waals surface area contributed by atoms with E-state index in [1.807, 2.05) is 25.1 Å². The van der Waals surface area contributed by atoms with Gasteiger partial charge in [0.15, 0.2) is 0 Å². The summed E-state index contributed by atoms with van der Waals surface area (Å²) in [5, 5.41) is 24.0. The zero-order valence-corrected chi connectivity index (χ0v) is 29.6. The van der Waals surface area contributed by atoms with E-state index in [0.717, 1.165) is 26.4 Å². The number of hydrogen-bond acceptors (Lipinski definition) is 5. The number of unbranched alkanes of at least 4 members (excludes halogenated alkanes) is 21. The molecule has 0 bridgehead atoms. The Morgan fingerprint density at radius 1 is 0.477 bits per heavy atom. The molecule has 3 N–H and O–H groups in total. The SMILES string of the molecule is CCCCCCCCCCCCCCOCCCCCCCCCCCCC.CCOCc1ccccc1.OCC(O)CO. The minimum Gasteiger partial charge on any atom is -0.394 e. The van der Waals surface area contributed by atoms with E-state index in [2.05, 4.69) is 26.0 Å². The van der Waals surface area contributed by atoms with Crippen molar-refractivity contribution in [2.75, 3.05) is 33.0 Å². The lowest BCUT2D eigenvalue weighted by Gasteiger charge is -2.05. The van der Waals surface area contributed by atoms with Gasteiger partial charge in [0.2, 0.25) is 0 Å². The van der Waals surface area contributed by atoms with Crippen LogP contribution in [0.15, 0.2) is 30.3 Å². The first kappa shape index (κ1) is 45.1. The lowest BCUT2D eigenvalue weighted by Crippen LogP contribution is -2.15. The molecule has 44 heavy (non-hydrogen) atoms. The van der Waals surface area contributed by atoms with Gasteiger partial charge in [-0.1, -0.05) is 179 Å². The van der Waals surface area contributed by atoms with Gasteiger partial charge in [0.1, 0.15) is 6.10 Å². The van der Waals surface area contributed by atoms with Gasteiger partial charge in [-0.25, -0.2) is 0 Å². The molecule has 5 nitrogen and oxygen atoms in total. The number of benzene rings is 1. The summed E-state index contributed by atoms with van der Waals surface area (Å²) in [5.41, 5.74) is 1.24. The van der Waals surface area contributed by atoms with Crippen molar-refractivity contribution in [3.63, 3.8) is 0 Å². The fourth-order valence-electron chi connectivity index (χ4n) is 4.87. The van der Waals surface area contributed by atoms with E-state index >= 15 is 0 Å². The molecule has 262 valence electrons. The second-order valence-electron chi connectivity index (χ2n) is 12.2. The predicted octanol–water partition coefficient (Wildman–Crippen LogP) is 10.6. The summed E-state index contributed by atoms with van der Waals surface area (Å²) < 4.78 is 11.0. The van der Waals surface area contributed by atoms with Crippen LogP contribution in [0.3, 0.4) is 0 Å². The van der Waals surface area contributed by atoms with Crippen LogP contribution in [0.4, 0.5) is 0 Å². The predicted molar refractivity (Wildman–Crippen MR) is 190 cm³/mol. The van der Waals surface area contributed by atoms with Crippen molar-refractivity contribution >= 4 is 0 Å². The van der Waals surface area contributed by atoms with Crippen molar-refractivity contribution in [1.29, 1.82) is 0 Å². The average molecular weight is 625 g/mol. The molecule has 0 saturated carbocycles. The summed E-state index contributed by atoms with van der Waals surface area (Å²) in [7, 11) is 0. The first-order valence-corrected chi connectivity index (χ1v) is 18.7. The highest BCUT2D eigenvalue weighted by Gasteiger charge is 1.96. The summed E-state index contributed by atoms with van der Waals surface area (Å²) in [6.07, 6.45) is 31.7. The number of hydrogen-bond donors (Lipinski definition) is 3. The van der Waals surface area contributed by atoms with Gasteiger partial charge in [0.25, 0.3) is 0 Å². The second kappa shape index (κ2) is 42.0. The number of aliphatic hydroxyl groups is 3. The van der Waals surface area contributed by atoms with Gasteiger partial charge >= 0.3 is 0 Å². The Balaban J connectivity index is 0. The van der Waals surface area contributed by atoms with E-state index in [9.17, 15) is 0 Å². The number of aliphatic hydroxyl groups excluding tert-OH is 3. The summed E-state index contributed by atoms with van der Waals surface area (Å²) >= 11 is 0. The molecule has 1 aromatic carbocycles. The standard InChI is InChI=1S/C27H56O.C9H12O.C3H8O3/c1-3-5-7-9-11-13-15-17-19-21-23-25-27-28-26-24-22-20-18-16-14-12-10-8-6-4-2;1-2-10-8-9-6-4-3-5-7-9;4-1-3(6)2-5/h3-27H2,1-2H3;3-7H,2,8H2,1H3;3-6H,1-2H2. The number of ether oxygens (including phenoxy) is 2. The molecule has 0 aliphatic heterocycles. The van der Waals surface area contributed by atoms with Gasteiger partial charge in [0, 0.05) is 19.8 Å². The third kappa shape index (κ3) is 41.0. The van der Waals surface area contributed by atoms with Crippen molar-refractivity contribution < 1.29 is 24.8 Å². The van der Waals surface area contributed by atoms with Crippen molar-refractivity contribution in [3.8, 4) is 0 Å². The molecule has 0 saturated heterocycles. The Kier molecular flexibility index (Phi) is 43.1. The zero-order chi connectivity index (χ0) is 32.6. The largest absolute Gasteiger partial charge is 0.394 e. The van der Waals surface area contributed by atoms with Crippen molar-refractivity contribution in [2.45, 2.75) is 181 Å². The summed E-state index contributed by atoms with van der Waals surface area (Å²) in [5.74, 6) is 0. The van der Waals surface area contributed by atoms with E-state index in [0.29, 0.717) is 0 Å². The Morgan fingerprint density at radius 2 is 0.818 bits per heavy atom. The highest BCUT2D eigenvalue weighted by atomic mass is 16.5. The fraction of sp³-hybridized carbons (Fsp3) is 0.846. The van der Waals surface area contributed by atoms with Crippen LogP contribution >= 0.6 is 0 Å². The van der Waals surface area contributed by atoms with Crippen LogP contribution in [0.1, 0.15) is 174 Å². The smallest absolute Gasteiger partial charge is 0.100 e. The molecule has 0 aromatic heterocycles. The minimum absolute atomic E-state index is 0.365. The zero-order valence-electron chi connectivity index (χ0n) is 29.6. The van der Waals surface area contributed by atoms with E-state index in [1.165, 1.54) is 153 Å². The Labute approximate surface area is 274 Å². The maximum Gasteiger partial charge on any atom is 0.100 e. The molecule has 0 atom stereocenters. The monoisotopic (exact) mass is 625 g/mol. The van der Waals surface area contributed by atoms with Crippen LogP contribution in [0.25, 0.3) is 0 Å². The summed E-state index contributed by atoms with van der Waals surface area (Å²) in [6.45, 7) is 9.37. The van der Waals surface area contributed by atoms with Crippen molar-refractivity contribution in [2.24, 2.45) is 0 Å². The Morgan fingerprint density at radius 3 is 1.11 bits per heavy atom. The van der Waals surface area contributed by atoms with Gasteiger partial charge in [-0.05, 0) is 25.3 Å². The van der Waals surface area contributed by atoms with E-state index in [-0.39, 0.29) is 13.2 Å². The maximum absolute atomic E-state index is 8.17. The van der Waals surface area contributed by atoms with Gasteiger partial charge in [0.05, 0.1) is 19.8 Å². The van der Waals surface area contributed by atoms with E-state index in [4.69, 9.17) is 24.8 Å². The third-order valence-corrected chi connectivity index (χ3v) is 7.77. The van der Waals surface area contributed by atoms with Crippen molar-refractivity contribution in [3.05, 3.63) is 35.9 Å². The van der Waals surface area contributed by atoms with Crippen LogP contribution < -0.4 is 0 Å². The summed E-state index contributed by atoms with van der Waals surface area (Å²) in [6, 6.07) is 10.2. The Hall–Kier alpha value is -0.980. The van der Waals surface area contributed by atoms with Gasteiger partial charge < -0.3 is 24.8 Å². The lowest BCUT2D eigenvalue weighted by atomic mass is 10.1. The van der Waals surface area contributed by atoms with Gasteiger partial charge in [-0.15, -0.1) is 0 Å². The van der Waals surface area contributed by atoms with Crippen LogP contribution in [-0.2, 0) is 16.1 Å². The summed E-state index contributed by atoms with van der Waals surface area (Å²) in [4.78, 5) is 0. The normalized spacial score (nSPS) is 10.8. The molecule has 0 radical (unpaired) electrons. The topological polar surface area (TPSA) is 79.2 Å². The first-order valence-electron chi connectivity index (χ1n) is 18.7. The highest BCUT2D eigenvalue weighted by Crippen LogP contribution is 2.13. The van der Waals surface area contributed by atoms with Crippen LogP contribution in [0, 0.1) is 0 Å². The molecule has 0 heterocycles. The second-order valence-corrected chi connectivity index (χ2v) is 12.2. The van der Waals surface area contributed by atoms with Gasteiger partial charge in [-0.3, -0.25) is 0 Å². The maximum atomic E-state index is 8.17. The molecule has 0 fully saturated rings. The van der Waals surface area contributed by atoms with Crippen LogP contribution in [0.2, 0.25) is 0 Å². The van der Waals surface area contributed by atoms with E-state index < -0.39 is 6.10 Å². The van der Waals surface area contributed by atoms with E-state index in [1.54, 1.807) is 0 Å². The lowest BCUT2D eigenvalue weighted by molar-refractivity contribution is 0.0450. The third-order valence-electron chi connectivity index (χ3n) is 7.77. The molecule has 1 rings (SSSR count). The number of rotatable bonds is 30. The first-order chi connectivity index (χ1) is 21.7. The molecular formula is C39H76O5. The molecular weight excluding hydrogens is 548 g/mol. The van der Waals surface area contributed by atoms with Crippen LogP contribution in [0.5, 0.6) is 0 Å². The highest BCUT2D eigenvalue weighted by molar-refractivity contribution is 5.13. The molecule has 0 amide bonds. The average Bonchev–Trinajstić information content (AvgIpc) is 3.06. The molecule has 0 aliphatic rings. The molecule has 0 spiro atoms. The van der Waals surface area contributed by atoms with Crippen LogP contribution in [-0.4, -0.2) is 54.5 Å². The van der Waals surface area contributed by atoms with Crippen molar-refractivity contribution in [1.82, 2.24) is 0 Å². The molecule has 0 unspecified atom stereocenters. The fourth-order valence-corrected chi connectivity index (χ4v) is 4.87.